The smallest absolute Gasteiger partial charge is 0.338 e. The van der Waals surface area contributed by atoms with Gasteiger partial charge in [-0.2, -0.15) is 0 Å². The monoisotopic (exact) mass is 200 g/mol. The number of aliphatic carboxylic acids is 1. The van der Waals surface area contributed by atoms with Crippen molar-refractivity contribution in [3.8, 4) is 0 Å². The quantitative estimate of drug-likeness (QED) is 0.811. The van der Waals surface area contributed by atoms with E-state index in [-0.39, 0.29) is 12.2 Å². The number of benzene rings is 1. The number of carboxylic acids is 1. The molecule has 0 aliphatic rings. The average molecular weight is 200 g/mol. The van der Waals surface area contributed by atoms with E-state index in [1.54, 1.807) is 6.92 Å². The lowest BCUT2D eigenvalue weighted by molar-refractivity contribution is -0.142. The van der Waals surface area contributed by atoms with Crippen molar-refractivity contribution in [2.75, 3.05) is 0 Å². The molecule has 0 bridgehead atoms. The molecule has 0 aliphatic heterocycles. The summed E-state index contributed by atoms with van der Waals surface area (Å²) in [6.45, 7) is 1.55. The van der Waals surface area contributed by atoms with E-state index in [9.17, 15) is 13.6 Å². The van der Waals surface area contributed by atoms with E-state index in [0.717, 1.165) is 0 Å². The molecule has 0 aromatic heterocycles. The van der Waals surface area contributed by atoms with Gasteiger partial charge >= 0.3 is 5.97 Å². The van der Waals surface area contributed by atoms with Crippen LogP contribution in [0.1, 0.15) is 11.1 Å². The first-order valence-corrected chi connectivity index (χ1v) is 4.12. The van der Waals surface area contributed by atoms with Crippen LogP contribution in [0.3, 0.4) is 0 Å². The van der Waals surface area contributed by atoms with E-state index in [2.05, 4.69) is 0 Å². The van der Waals surface area contributed by atoms with Gasteiger partial charge in [-0.05, 0) is 24.1 Å². The molecule has 0 fully saturated rings. The van der Waals surface area contributed by atoms with Crippen LogP contribution in [-0.4, -0.2) is 17.2 Å². The highest BCUT2D eigenvalue weighted by atomic mass is 19.1. The number of hydrogen-bond donors (Lipinski definition) is 1. The number of carboxylic acid groups (broad SMARTS) is 1. The van der Waals surface area contributed by atoms with Gasteiger partial charge in [0, 0.05) is 6.42 Å². The number of hydrogen-bond acceptors (Lipinski definition) is 1. The largest absolute Gasteiger partial charge is 0.479 e. The van der Waals surface area contributed by atoms with Crippen LogP contribution in [0.4, 0.5) is 8.78 Å². The first-order valence-electron chi connectivity index (χ1n) is 4.12. The zero-order valence-corrected chi connectivity index (χ0v) is 7.63. The molecule has 0 aliphatic carbocycles. The van der Waals surface area contributed by atoms with Crippen LogP contribution in [0.5, 0.6) is 0 Å². The first kappa shape index (κ1) is 10.6. The van der Waals surface area contributed by atoms with E-state index >= 15 is 0 Å². The molecular formula is C10H10F2O2. The van der Waals surface area contributed by atoms with Crippen LogP contribution in [0.15, 0.2) is 18.2 Å². The Morgan fingerprint density at radius 2 is 2.21 bits per heavy atom. The average Bonchev–Trinajstić information content (AvgIpc) is 2.11. The molecule has 1 atom stereocenters. The molecule has 0 amide bonds. The van der Waals surface area contributed by atoms with Crippen molar-refractivity contribution in [1.29, 1.82) is 0 Å². The number of alkyl halides is 1. The number of aryl methyl sites for hydroxylation is 1. The van der Waals surface area contributed by atoms with Crippen molar-refractivity contribution in [3.63, 3.8) is 0 Å². The molecule has 1 unspecified atom stereocenters. The van der Waals surface area contributed by atoms with Crippen LogP contribution in [0, 0.1) is 12.7 Å². The van der Waals surface area contributed by atoms with Gasteiger partial charge in [-0.3, -0.25) is 0 Å². The van der Waals surface area contributed by atoms with Gasteiger partial charge in [0.05, 0.1) is 0 Å². The minimum absolute atomic E-state index is 0.226. The van der Waals surface area contributed by atoms with Crippen molar-refractivity contribution < 1.29 is 18.7 Å². The van der Waals surface area contributed by atoms with Gasteiger partial charge in [-0.1, -0.05) is 12.1 Å². The highest BCUT2D eigenvalue weighted by molar-refractivity contribution is 5.72. The summed E-state index contributed by atoms with van der Waals surface area (Å²) in [5, 5.41) is 8.32. The predicted octanol–water partition coefficient (Wildman–Crippen LogP) is 2.10. The molecular weight excluding hydrogens is 190 g/mol. The molecule has 0 saturated heterocycles. The maximum atomic E-state index is 12.8. The molecule has 1 N–H and O–H groups in total. The van der Waals surface area contributed by atoms with Gasteiger partial charge in [0.25, 0.3) is 0 Å². The molecule has 4 heteroatoms. The second-order valence-electron chi connectivity index (χ2n) is 3.09. The van der Waals surface area contributed by atoms with Gasteiger partial charge in [-0.15, -0.1) is 0 Å². The molecule has 14 heavy (non-hydrogen) atoms. The van der Waals surface area contributed by atoms with Gasteiger partial charge in [-0.25, -0.2) is 13.6 Å². The standard InChI is InChI=1S/C10H10F2O2/c1-6-4-7(2-3-8(6)11)5-9(12)10(13)14/h2-4,9H,5H2,1H3,(H,13,14). The molecule has 1 aromatic rings. The first-order chi connectivity index (χ1) is 6.50. The van der Waals surface area contributed by atoms with Crippen molar-refractivity contribution >= 4 is 5.97 Å². The number of rotatable bonds is 3. The Balaban J connectivity index is 2.78. The second kappa shape index (κ2) is 4.17. The third-order valence-corrected chi connectivity index (χ3v) is 1.91. The zero-order chi connectivity index (χ0) is 10.7. The van der Waals surface area contributed by atoms with Crippen LogP contribution in [0.2, 0.25) is 0 Å². The maximum Gasteiger partial charge on any atom is 0.338 e. The molecule has 76 valence electrons. The zero-order valence-electron chi connectivity index (χ0n) is 7.63. The SMILES string of the molecule is Cc1cc(CC(F)C(=O)O)ccc1F. The number of halogens is 2. The van der Waals surface area contributed by atoms with Gasteiger partial charge in [0.1, 0.15) is 5.82 Å². The Morgan fingerprint density at radius 3 is 2.71 bits per heavy atom. The van der Waals surface area contributed by atoms with Crippen molar-refractivity contribution in [1.82, 2.24) is 0 Å². The maximum absolute atomic E-state index is 12.8. The fourth-order valence-electron chi connectivity index (χ4n) is 1.13. The minimum atomic E-state index is -1.93. The van der Waals surface area contributed by atoms with E-state index in [0.29, 0.717) is 11.1 Å². The van der Waals surface area contributed by atoms with Crippen LogP contribution in [0.25, 0.3) is 0 Å². The summed E-state index contributed by atoms with van der Waals surface area (Å²) < 4.78 is 25.5. The highest BCUT2D eigenvalue weighted by Crippen LogP contribution is 2.12. The topological polar surface area (TPSA) is 37.3 Å². The lowest BCUT2D eigenvalue weighted by Crippen LogP contribution is -2.17. The van der Waals surface area contributed by atoms with Crippen LogP contribution >= 0.6 is 0 Å². The summed E-state index contributed by atoms with van der Waals surface area (Å²) in [5.41, 5.74) is 0.874. The molecule has 0 radical (unpaired) electrons. The van der Waals surface area contributed by atoms with Crippen LogP contribution in [-0.2, 0) is 11.2 Å². The summed E-state index contributed by atoms with van der Waals surface area (Å²) in [7, 11) is 0. The minimum Gasteiger partial charge on any atom is -0.479 e. The lowest BCUT2D eigenvalue weighted by Gasteiger charge is -2.04. The summed E-state index contributed by atoms with van der Waals surface area (Å²) in [5.74, 6) is -1.87. The van der Waals surface area contributed by atoms with E-state index < -0.39 is 12.1 Å². The summed E-state index contributed by atoms with van der Waals surface area (Å²) >= 11 is 0. The molecule has 0 heterocycles. The Bertz CT molecular complexity index is 350. The van der Waals surface area contributed by atoms with Crippen molar-refractivity contribution in [2.45, 2.75) is 19.5 Å². The second-order valence-corrected chi connectivity index (χ2v) is 3.09. The summed E-state index contributed by atoms with van der Waals surface area (Å²) in [4.78, 5) is 10.2. The van der Waals surface area contributed by atoms with E-state index in [4.69, 9.17) is 5.11 Å². The summed E-state index contributed by atoms with van der Waals surface area (Å²) in [6, 6.07) is 4.04. The van der Waals surface area contributed by atoms with Gasteiger partial charge in [0.2, 0.25) is 6.17 Å². The fraction of sp³-hybridized carbons (Fsp3) is 0.300. The van der Waals surface area contributed by atoms with E-state index in [1.165, 1.54) is 18.2 Å². The van der Waals surface area contributed by atoms with Crippen LogP contribution < -0.4 is 0 Å². The Morgan fingerprint density at radius 1 is 1.57 bits per heavy atom. The molecule has 0 spiro atoms. The van der Waals surface area contributed by atoms with Crippen molar-refractivity contribution in [2.24, 2.45) is 0 Å². The molecule has 1 rings (SSSR count). The summed E-state index contributed by atoms with van der Waals surface area (Å²) in [6.07, 6.45) is -2.16. The highest BCUT2D eigenvalue weighted by Gasteiger charge is 2.16. The third-order valence-electron chi connectivity index (χ3n) is 1.91. The van der Waals surface area contributed by atoms with Gasteiger partial charge in [0.15, 0.2) is 0 Å². The van der Waals surface area contributed by atoms with Gasteiger partial charge < -0.3 is 5.11 Å². The normalized spacial score (nSPS) is 12.5. The molecule has 1 aromatic carbocycles. The lowest BCUT2D eigenvalue weighted by atomic mass is 10.1. The Labute approximate surface area is 80.2 Å². The van der Waals surface area contributed by atoms with E-state index in [1.807, 2.05) is 0 Å². The fourth-order valence-corrected chi connectivity index (χ4v) is 1.13. The molecule has 0 saturated carbocycles. The third kappa shape index (κ3) is 2.52. The Kier molecular flexibility index (Phi) is 3.17. The number of carbonyl (C=O) groups is 1. The van der Waals surface area contributed by atoms with Crippen molar-refractivity contribution in [3.05, 3.63) is 35.1 Å². The Hall–Kier alpha value is -1.45. The predicted molar refractivity (Wildman–Crippen MR) is 47.4 cm³/mol. The molecule has 2 nitrogen and oxygen atoms in total.